The van der Waals surface area contributed by atoms with Crippen molar-refractivity contribution in [3.63, 3.8) is 0 Å². The van der Waals surface area contributed by atoms with Gasteiger partial charge in [-0.1, -0.05) is 6.07 Å². The van der Waals surface area contributed by atoms with Gasteiger partial charge in [-0.2, -0.15) is 0 Å². The Morgan fingerprint density at radius 1 is 1.29 bits per heavy atom. The second-order valence-electron chi connectivity index (χ2n) is 4.99. The molecular weight excluding hydrogens is 290 g/mol. The Balaban J connectivity index is 2.00. The van der Waals surface area contributed by atoms with E-state index in [4.69, 9.17) is 14.6 Å². The van der Waals surface area contributed by atoms with Gasteiger partial charge in [-0.05, 0) is 30.5 Å². The van der Waals surface area contributed by atoms with E-state index in [0.29, 0.717) is 11.5 Å². The Kier molecular flexibility index (Phi) is 3.33. The lowest BCUT2D eigenvalue weighted by Crippen LogP contribution is -2.09. The van der Waals surface area contributed by atoms with E-state index in [2.05, 4.69) is 4.98 Å². The molecular formula is C15H15NO4S. The molecule has 1 aromatic heterocycles. The van der Waals surface area contributed by atoms with Gasteiger partial charge in [0, 0.05) is 10.8 Å². The summed E-state index contributed by atoms with van der Waals surface area (Å²) in [4.78, 5) is 15.3. The monoisotopic (exact) mass is 305 g/mol. The molecule has 1 saturated carbocycles. The average Bonchev–Trinajstić information content (AvgIpc) is 3.15. The van der Waals surface area contributed by atoms with E-state index in [-0.39, 0.29) is 11.1 Å². The zero-order chi connectivity index (χ0) is 15.0. The first-order valence-corrected chi connectivity index (χ1v) is 7.40. The van der Waals surface area contributed by atoms with Gasteiger partial charge in [-0.15, -0.1) is 11.3 Å². The van der Waals surface area contributed by atoms with Gasteiger partial charge < -0.3 is 14.6 Å². The standard InChI is InChI=1S/C15H15NO4S/c1-19-11-4-3-9(7-12(11)20-2)15(5-6-15)14-16-10(8-21-14)13(17)18/h3-4,7-8H,5-6H2,1-2H3,(H,17,18). The normalized spacial score (nSPS) is 15.5. The lowest BCUT2D eigenvalue weighted by atomic mass is 9.96. The van der Waals surface area contributed by atoms with Gasteiger partial charge in [-0.25, -0.2) is 9.78 Å². The molecule has 0 atom stereocenters. The van der Waals surface area contributed by atoms with Gasteiger partial charge in [0.15, 0.2) is 17.2 Å². The second-order valence-corrected chi connectivity index (χ2v) is 5.85. The van der Waals surface area contributed by atoms with E-state index in [1.165, 1.54) is 11.3 Å². The number of carbonyl (C=O) groups is 1. The maximum absolute atomic E-state index is 11.0. The molecule has 1 aromatic carbocycles. The molecule has 110 valence electrons. The number of thiazole rings is 1. The minimum Gasteiger partial charge on any atom is -0.493 e. The van der Waals surface area contributed by atoms with Crippen molar-refractivity contribution in [1.82, 2.24) is 4.98 Å². The lowest BCUT2D eigenvalue weighted by Gasteiger charge is -2.15. The first-order chi connectivity index (χ1) is 10.1. The van der Waals surface area contributed by atoms with Crippen molar-refractivity contribution in [3.05, 3.63) is 39.8 Å². The summed E-state index contributed by atoms with van der Waals surface area (Å²) in [5.41, 5.74) is 1.03. The first-order valence-electron chi connectivity index (χ1n) is 6.52. The van der Waals surface area contributed by atoms with Gasteiger partial charge in [0.25, 0.3) is 0 Å². The summed E-state index contributed by atoms with van der Waals surface area (Å²) in [5.74, 6) is 0.374. The summed E-state index contributed by atoms with van der Waals surface area (Å²) in [5, 5.41) is 11.5. The van der Waals surface area contributed by atoms with E-state index in [1.807, 2.05) is 18.2 Å². The number of hydrogen-bond acceptors (Lipinski definition) is 5. The van der Waals surface area contributed by atoms with Gasteiger partial charge in [0.2, 0.25) is 0 Å². The van der Waals surface area contributed by atoms with Crippen molar-refractivity contribution in [1.29, 1.82) is 0 Å². The number of rotatable bonds is 5. The van der Waals surface area contributed by atoms with Crippen LogP contribution in [0.2, 0.25) is 0 Å². The highest BCUT2D eigenvalue weighted by Crippen LogP contribution is 2.55. The highest BCUT2D eigenvalue weighted by Gasteiger charge is 2.49. The van der Waals surface area contributed by atoms with Crippen LogP contribution < -0.4 is 9.47 Å². The molecule has 0 unspecified atom stereocenters. The molecule has 5 nitrogen and oxygen atoms in total. The lowest BCUT2D eigenvalue weighted by molar-refractivity contribution is 0.0691. The highest BCUT2D eigenvalue weighted by molar-refractivity contribution is 7.10. The second kappa shape index (κ2) is 5.04. The molecule has 6 heteroatoms. The summed E-state index contributed by atoms with van der Waals surface area (Å²) in [6, 6.07) is 5.82. The number of hydrogen-bond donors (Lipinski definition) is 1. The maximum atomic E-state index is 11.0. The number of benzene rings is 1. The SMILES string of the molecule is COc1ccc(C2(c3nc(C(=O)O)cs3)CC2)cc1OC. The summed E-state index contributed by atoms with van der Waals surface area (Å²) in [7, 11) is 3.21. The van der Waals surface area contributed by atoms with Crippen LogP contribution in [0.1, 0.15) is 33.9 Å². The molecule has 21 heavy (non-hydrogen) atoms. The molecule has 0 aliphatic heterocycles. The third-order valence-electron chi connectivity index (χ3n) is 3.82. The number of nitrogens with zero attached hydrogens (tertiary/aromatic N) is 1. The quantitative estimate of drug-likeness (QED) is 0.920. The molecule has 0 radical (unpaired) electrons. The molecule has 0 spiro atoms. The summed E-state index contributed by atoms with van der Waals surface area (Å²) in [6.45, 7) is 0. The minimum atomic E-state index is -0.986. The maximum Gasteiger partial charge on any atom is 0.355 e. The summed E-state index contributed by atoms with van der Waals surface area (Å²) >= 11 is 1.40. The van der Waals surface area contributed by atoms with E-state index >= 15 is 0 Å². The molecule has 1 N–H and O–H groups in total. The van der Waals surface area contributed by atoms with E-state index in [9.17, 15) is 4.79 Å². The Hall–Kier alpha value is -2.08. The van der Waals surface area contributed by atoms with Crippen LogP contribution in [0, 0.1) is 0 Å². The third kappa shape index (κ3) is 2.25. The van der Waals surface area contributed by atoms with Crippen LogP contribution in [0.25, 0.3) is 0 Å². The van der Waals surface area contributed by atoms with Crippen LogP contribution in [0.4, 0.5) is 0 Å². The van der Waals surface area contributed by atoms with Crippen LogP contribution in [-0.4, -0.2) is 30.3 Å². The average molecular weight is 305 g/mol. The van der Waals surface area contributed by atoms with Crippen LogP contribution >= 0.6 is 11.3 Å². The van der Waals surface area contributed by atoms with Gasteiger partial charge in [0.1, 0.15) is 5.01 Å². The molecule has 3 rings (SSSR count). The van der Waals surface area contributed by atoms with Crippen LogP contribution in [0.3, 0.4) is 0 Å². The molecule has 1 aliphatic carbocycles. The number of carboxylic acids is 1. The highest BCUT2D eigenvalue weighted by atomic mass is 32.1. The Labute approximate surface area is 126 Å². The number of aromatic carboxylic acids is 1. The van der Waals surface area contributed by atoms with Crippen molar-refractivity contribution < 1.29 is 19.4 Å². The van der Waals surface area contributed by atoms with Gasteiger partial charge in [-0.3, -0.25) is 0 Å². The molecule has 0 saturated heterocycles. The number of aromatic nitrogens is 1. The van der Waals surface area contributed by atoms with Crippen molar-refractivity contribution in [2.45, 2.75) is 18.3 Å². The van der Waals surface area contributed by atoms with E-state index in [1.54, 1.807) is 19.6 Å². The molecule has 1 fully saturated rings. The number of ether oxygens (including phenoxy) is 2. The van der Waals surface area contributed by atoms with Crippen LogP contribution in [0.5, 0.6) is 11.5 Å². The zero-order valence-electron chi connectivity index (χ0n) is 11.8. The summed E-state index contributed by atoms with van der Waals surface area (Å²) in [6.07, 6.45) is 1.93. The molecule has 0 amide bonds. The molecule has 1 heterocycles. The molecule has 1 aliphatic rings. The smallest absolute Gasteiger partial charge is 0.355 e. The first kappa shape index (κ1) is 13.9. The Bertz CT molecular complexity index is 691. The van der Waals surface area contributed by atoms with E-state index in [0.717, 1.165) is 23.4 Å². The van der Waals surface area contributed by atoms with Crippen molar-refractivity contribution in [2.75, 3.05) is 14.2 Å². The zero-order valence-corrected chi connectivity index (χ0v) is 12.6. The molecule has 2 aromatic rings. The fourth-order valence-corrected chi connectivity index (χ4v) is 3.55. The predicted molar refractivity (Wildman–Crippen MR) is 78.6 cm³/mol. The van der Waals surface area contributed by atoms with Crippen molar-refractivity contribution in [3.8, 4) is 11.5 Å². The van der Waals surface area contributed by atoms with Crippen molar-refractivity contribution >= 4 is 17.3 Å². The third-order valence-corrected chi connectivity index (χ3v) is 4.87. The Morgan fingerprint density at radius 3 is 2.52 bits per heavy atom. The van der Waals surface area contributed by atoms with Crippen LogP contribution in [0.15, 0.2) is 23.6 Å². The van der Waals surface area contributed by atoms with E-state index < -0.39 is 5.97 Å². The predicted octanol–water partition coefficient (Wildman–Crippen LogP) is 2.94. The largest absolute Gasteiger partial charge is 0.493 e. The topological polar surface area (TPSA) is 68.7 Å². The number of methoxy groups -OCH3 is 2. The fourth-order valence-electron chi connectivity index (χ4n) is 2.48. The van der Waals surface area contributed by atoms with Gasteiger partial charge >= 0.3 is 5.97 Å². The van der Waals surface area contributed by atoms with Crippen molar-refractivity contribution in [2.24, 2.45) is 0 Å². The minimum absolute atomic E-state index is 0.113. The van der Waals surface area contributed by atoms with Gasteiger partial charge in [0.05, 0.1) is 14.2 Å². The summed E-state index contributed by atoms with van der Waals surface area (Å²) < 4.78 is 10.6. The number of carboxylic acid groups (broad SMARTS) is 1. The Morgan fingerprint density at radius 2 is 2.00 bits per heavy atom. The molecule has 0 bridgehead atoms. The van der Waals surface area contributed by atoms with Crippen LogP contribution in [-0.2, 0) is 5.41 Å². The fraction of sp³-hybridized carbons (Fsp3) is 0.333.